The van der Waals surface area contributed by atoms with Crippen molar-refractivity contribution in [2.45, 2.75) is 45.3 Å². The molecule has 498 valence electrons. The van der Waals surface area contributed by atoms with Crippen LogP contribution < -0.4 is 37.6 Å². The summed E-state index contributed by atoms with van der Waals surface area (Å²) in [4.78, 5) is 74.8. The van der Waals surface area contributed by atoms with Gasteiger partial charge in [0.25, 0.3) is 23.6 Å². The molecule has 98 heavy (non-hydrogen) atoms. The quantitative estimate of drug-likeness (QED) is 0.0282. The van der Waals surface area contributed by atoms with Crippen molar-refractivity contribution in [3.8, 4) is 34.2 Å². The minimum absolute atomic E-state index is 0.0182. The van der Waals surface area contributed by atoms with E-state index in [0.29, 0.717) is 85.2 Å². The average molecular weight is 1330 g/mol. The number of carbonyl (C=O) groups excluding carboxylic acids is 5. The fraction of sp³-hybridized carbons (Fsp3) is 0.211. The second-order valence-corrected chi connectivity index (χ2v) is 24.0. The highest BCUT2D eigenvalue weighted by Gasteiger charge is 2.25. The lowest BCUT2D eigenvalue weighted by Crippen LogP contribution is -2.24. The molecule has 8 aromatic carbocycles. The SMILES string of the molecule is C1=CCNC1.Nc1cccc2c1NCCNC2=O.O=C1NCCn2c(-c3ccc(CCl)cc3)nc3cccc1c32.O=C1NCCn2c(-c3ccc(CN4CC=CC4)cc3)nc3cccc1c32.O=C1NCCn2c(-c3ccc(CO)cc3)nc3cccc1c32.O=Cc1ccc(CO)cc1. The predicted octanol–water partition coefficient (Wildman–Crippen LogP) is 9.50. The number of imidazole rings is 3. The molecule has 0 radical (unpaired) electrons. The van der Waals surface area contributed by atoms with Crippen LogP contribution in [0.3, 0.4) is 0 Å². The summed E-state index contributed by atoms with van der Waals surface area (Å²) in [6.45, 7) is 10.5. The molecule has 17 rings (SSSR count). The van der Waals surface area contributed by atoms with Crippen molar-refractivity contribution in [2.75, 3.05) is 70.0 Å². The third-order valence-corrected chi connectivity index (χ3v) is 17.5. The number of fused-ring (bicyclic) bond motifs is 1. The average Bonchev–Trinajstić information content (AvgIpc) is 1.64. The fourth-order valence-electron chi connectivity index (χ4n) is 12.3. The summed E-state index contributed by atoms with van der Waals surface area (Å²) in [5, 5.41) is 35.6. The van der Waals surface area contributed by atoms with Crippen LogP contribution in [0.2, 0.25) is 0 Å². The lowest BCUT2D eigenvalue weighted by molar-refractivity contribution is 0.0948. The molecule has 0 atom stereocenters. The summed E-state index contributed by atoms with van der Waals surface area (Å²) >= 11 is 5.85. The zero-order valence-corrected chi connectivity index (χ0v) is 54.6. The maximum atomic E-state index is 12.3. The number of nitrogens with zero attached hydrogens (tertiary/aromatic N) is 7. The van der Waals surface area contributed by atoms with Crippen LogP contribution in [0.4, 0.5) is 11.4 Å². The lowest BCUT2D eigenvalue weighted by Gasteiger charge is -2.15. The van der Waals surface area contributed by atoms with Gasteiger partial charge in [-0.05, 0) is 70.8 Å². The third-order valence-electron chi connectivity index (χ3n) is 17.2. The number of alkyl halides is 1. The van der Waals surface area contributed by atoms with E-state index in [2.05, 4.69) is 99.1 Å². The van der Waals surface area contributed by atoms with Crippen molar-refractivity contribution < 1.29 is 34.2 Å². The summed E-state index contributed by atoms with van der Waals surface area (Å²) in [5.74, 6) is 3.00. The minimum atomic E-state index is -0.0627. The molecular formula is C76H75ClN14O7. The summed E-state index contributed by atoms with van der Waals surface area (Å²) < 4.78 is 6.39. The number of para-hydroxylation sites is 4. The minimum Gasteiger partial charge on any atom is -0.397 e. The topological polar surface area (TPSA) is 281 Å². The van der Waals surface area contributed by atoms with Crippen LogP contribution >= 0.6 is 11.6 Å². The summed E-state index contributed by atoms with van der Waals surface area (Å²) in [5.41, 5.74) is 22.9. The van der Waals surface area contributed by atoms with E-state index in [9.17, 15) is 24.0 Å². The number of nitrogen functional groups attached to an aromatic ring is 1. The van der Waals surface area contributed by atoms with Crippen LogP contribution in [-0.2, 0) is 45.3 Å². The van der Waals surface area contributed by atoms with Crippen LogP contribution in [0.15, 0.2) is 194 Å². The highest BCUT2D eigenvalue weighted by Crippen LogP contribution is 2.33. The van der Waals surface area contributed by atoms with Crippen LogP contribution in [0.25, 0.3) is 67.3 Å². The molecule has 21 nitrogen and oxygen atoms in total. The first-order valence-corrected chi connectivity index (χ1v) is 33.1. The Bertz CT molecular complexity index is 4590. The van der Waals surface area contributed by atoms with Gasteiger partial charge in [-0.3, -0.25) is 28.9 Å². The molecule has 0 unspecified atom stereocenters. The summed E-state index contributed by atoms with van der Waals surface area (Å²) in [7, 11) is 0. The number of amides is 4. The largest absolute Gasteiger partial charge is 0.397 e. The van der Waals surface area contributed by atoms with Crippen LogP contribution in [0.5, 0.6) is 0 Å². The molecule has 0 fully saturated rings. The standard InChI is InChI=1S/C21H20N4O.C17H14ClN3O.C17H15N3O2.C9H11N3O.C8H8O2.C4H7N/c26-21-17-4-3-5-18-19(17)25(13-10-22-21)20(23-18)16-8-6-15(7-9-16)14-24-11-1-2-12-24;18-10-11-4-6-12(7-5-11)16-20-14-3-1-2-13-15(14)21(16)9-8-19-17(13)22;21-10-11-4-6-12(7-5-11)16-19-14-3-1-2-13-15(14)20(16)9-8-18-17(13)22;10-7-3-1-2-6-8(7)11-4-5-12-9(6)13;9-5-7-1-2-8(6-10)4-3-7;1-2-4-5-3-1/h1-9H,10-14H2,(H,22,26);1-7H,8-10H2,(H,19,22);1-7,21H,8-10H2,(H,18,22);1-3,11H,4-5,10H2,(H,12,13);1-5,10H,6H2;1-2,5H,3-4H2. The Balaban J connectivity index is 0.000000118. The zero-order valence-electron chi connectivity index (χ0n) is 53.9. The van der Waals surface area contributed by atoms with Crippen molar-refractivity contribution in [3.05, 3.63) is 244 Å². The van der Waals surface area contributed by atoms with Crippen molar-refractivity contribution in [1.29, 1.82) is 0 Å². The lowest BCUT2D eigenvalue weighted by atomic mass is 10.1. The number of halogens is 1. The van der Waals surface area contributed by atoms with Gasteiger partial charge in [0.05, 0.1) is 79.9 Å². The number of nitrogens with one attached hydrogen (secondary N) is 6. The number of aldehydes is 1. The number of rotatable bonds is 9. The molecular weight excluding hydrogens is 1260 g/mol. The number of aliphatic hydroxyl groups excluding tert-OH is 2. The predicted molar refractivity (Wildman–Crippen MR) is 384 cm³/mol. The molecule has 10 N–H and O–H groups in total. The van der Waals surface area contributed by atoms with E-state index in [1.54, 1.807) is 42.5 Å². The number of anilines is 2. The van der Waals surface area contributed by atoms with E-state index in [1.807, 2.05) is 103 Å². The number of carbonyl (C=O) groups is 5. The highest BCUT2D eigenvalue weighted by atomic mass is 35.5. The molecule has 0 saturated heterocycles. The van der Waals surface area contributed by atoms with E-state index in [1.165, 1.54) is 5.56 Å². The van der Waals surface area contributed by atoms with E-state index in [4.69, 9.17) is 42.5 Å². The van der Waals surface area contributed by atoms with Gasteiger partial charge in [-0.25, -0.2) is 15.0 Å². The first-order valence-electron chi connectivity index (χ1n) is 32.6. The van der Waals surface area contributed by atoms with E-state index < -0.39 is 0 Å². The van der Waals surface area contributed by atoms with Crippen molar-refractivity contribution in [1.82, 2.24) is 60.1 Å². The number of nitrogens with two attached hydrogens (primary N) is 1. The monoisotopic (exact) mass is 1330 g/mol. The summed E-state index contributed by atoms with van der Waals surface area (Å²) in [6, 6.07) is 53.6. The Morgan fingerprint density at radius 3 is 1.22 bits per heavy atom. The van der Waals surface area contributed by atoms with Gasteiger partial charge >= 0.3 is 0 Å². The van der Waals surface area contributed by atoms with Crippen LogP contribution in [0, 0.1) is 0 Å². The Morgan fingerprint density at radius 2 is 0.816 bits per heavy atom. The molecule has 0 spiro atoms. The van der Waals surface area contributed by atoms with Gasteiger partial charge in [0.2, 0.25) is 0 Å². The molecule has 9 heterocycles. The van der Waals surface area contributed by atoms with Crippen LogP contribution in [-0.4, -0.2) is 133 Å². The van der Waals surface area contributed by atoms with Gasteiger partial charge in [0.1, 0.15) is 23.8 Å². The maximum Gasteiger partial charge on any atom is 0.253 e. The molecule has 6 aliphatic rings. The Labute approximate surface area is 571 Å². The normalized spacial score (nSPS) is 14.8. The number of hydrogen-bond acceptors (Lipinski definition) is 14. The maximum absolute atomic E-state index is 12.3. The smallest absolute Gasteiger partial charge is 0.253 e. The number of hydrogen-bond donors (Lipinski definition) is 9. The van der Waals surface area contributed by atoms with Gasteiger partial charge in [-0.2, -0.15) is 0 Å². The first kappa shape index (κ1) is 66.9. The van der Waals surface area contributed by atoms with Crippen molar-refractivity contribution >= 4 is 86.0 Å². The third kappa shape index (κ3) is 15.3. The molecule has 0 aliphatic carbocycles. The Kier molecular flexibility index (Phi) is 21.6. The Morgan fingerprint density at radius 1 is 0.439 bits per heavy atom. The highest BCUT2D eigenvalue weighted by molar-refractivity contribution is 6.17. The van der Waals surface area contributed by atoms with Gasteiger partial charge in [-0.15, -0.1) is 11.6 Å². The second-order valence-electron chi connectivity index (χ2n) is 23.7. The Hall–Kier alpha value is -11.1. The number of aromatic nitrogens is 6. The van der Waals surface area contributed by atoms with Gasteiger partial charge in [0.15, 0.2) is 0 Å². The van der Waals surface area contributed by atoms with E-state index >= 15 is 0 Å². The van der Waals surface area contributed by atoms with Gasteiger partial charge < -0.3 is 61.5 Å². The van der Waals surface area contributed by atoms with Crippen molar-refractivity contribution in [3.63, 3.8) is 0 Å². The second kappa shape index (κ2) is 31.7. The number of aliphatic hydroxyl groups is 2. The zero-order chi connectivity index (χ0) is 67.9. The first-order chi connectivity index (χ1) is 48.0. The molecule has 4 amide bonds. The molecule has 11 aromatic rings. The van der Waals surface area contributed by atoms with Gasteiger partial charge in [-0.1, -0.05) is 146 Å². The molecule has 6 aliphatic heterocycles. The van der Waals surface area contributed by atoms with Gasteiger partial charge in [0, 0.05) is 113 Å². The van der Waals surface area contributed by atoms with E-state index in [-0.39, 0.29) is 36.8 Å². The molecule has 22 heteroatoms. The molecule has 0 saturated carbocycles. The number of benzene rings is 8. The fourth-order valence-corrected chi connectivity index (χ4v) is 12.4. The molecule has 3 aromatic heterocycles. The van der Waals surface area contributed by atoms with Crippen molar-refractivity contribution in [2.24, 2.45) is 0 Å². The van der Waals surface area contributed by atoms with E-state index in [0.717, 1.165) is 135 Å². The summed E-state index contributed by atoms with van der Waals surface area (Å²) in [6.07, 6.45) is 9.46. The van der Waals surface area contributed by atoms with Crippen LogP contribution in [0.1, 0.15) is 74.0 Å². The molecule has 0 bridgehead atoms.